The average Bonchev–Trinajstić information content (AvgIpc) is 2.16. The molecule has 0 unspecified atom stereocenters. The topological polar surface area (TPSA) is 18.5 Å². The van der Waals surface area contributed by atoms with Crippen LogP contribution in [0.4, 0.5) is 0 Å². The van der Waals surface area contributed by atoms with Crippen LogP contribution in [-0.2, 0) is 9.47 Å². The Morgan fingerprint density at radius 3 is 1.71 bits per heavy atom. The molecule has 0 saturated carbocycles. The third kappa shape index (κ3) is 4.97. The van der Waals surface area contributed by atoms with Crippen LogP contribution in [0.15, 0.2) is 0 Å². The number of rotatable bonds is 9. The van der Waals surface area contributed by atoms with Crippen LogP contribution < -0.4 is 0 Å². The second kappa shape index (κ2) is 8.25. The smallest absolute Gasteiger partial charge is 0.168 e. The van der Waals surface area contributed by atoms with E-state index in [0.29, 0.717) is 0 Å². The third-order valence-electron chi connectivity index (χ3n) is 2.36. The van der Waals surface area contributed by atoms with Gasteiger partial charge in [-0.1, -0.05) is 26.7 Å². The van der Waals surface area contributed by atoms with E-state index in [1.165, 1.54) is 12.8 Å². The average molecular weight is 202 g/mol. The minimum atomic E-state index is -0.297. The molecule has 86 valence electrons. The van der Waals surface area contributed by atoms with Crippen molar-refractivity contribution in [3.05, 3.63) is 0 Å². The fourth-order valence-electron chi connectivity index (χ4n) is 1.81. The van der Waals surface area contributed by atoms with Crippen LogP contribution in [0.1, 0.15) is 59.8 Å². The van der Waals surface area contributed by atoms with Gasteiger partial charge in [-0.15, -0.1) is 0 Å². The summed E-state index contributed by atoms with van der Waals surface area (Å²) in [4.78, 5) is 0. The number of ether oxygens (including phenoxy) is 2. The molecule has 0 bridgehead atoms. The summed E-state index contributed by atoms with van der Waals surface area (Å²) in [6.07, 6.45) is 5.53. The fraction of sp³-hybridized carbons (Fsp3) is 1.00. The highest BCUT2D eigenvalue weighted by molar-refractivity contribution is 4.69. The Morgan fingerprint density at radius 1 is 0.786 bits per heavy atom. The molecular formula is C12H26O2. The standard InChI is InChI=1S/C12H26O2/c1-5-9-11-12(10-6-2,13-7-3)14-8-4/h5-11H2,1-4H3. The molecule has 0 aromatic carbocycles. The molecule has 0 fully saturated rings. The molecule has 0 N–H and O–H groups in total. The van der Waals surface area contributed by atoms with Gasteiger partial charge in [0.25, 0.3) is 0 Å². The summed E-state index contributed by atoms with van der Waals surface area (Å²) in [6, 6.07) is 0. The van der Waals surface area contributed by atoms with Crippen LogP contribution in [0.3, 0.4) is 0 Å². The van der Waals surface area contributed by atoms with Gasteiger partial charge in [-0.2, -0.15) is 0 Å². The number of hydrogen-bond donors (Lipinski definition) is 0. The van der Waals surface area contributed by atoms with Crippen molar-refractivity contribution in [2.24, 2.45) is 0 Å². The maximum absolute atomic E-state index is 5.79. The van der Waals surface area contributed by atoms with Crippen LogP contribution in [0.5, 0.6) is 0 Å². The molecule has 0 amide bonds. The van der Waals surface area contributed by atoms with Gasteiger partial charge in [-0.3, -0.25) is 0 Å². The van der Waals surface area contributed by atoms with Crippen LogP contribution in [0.25, 0.3) is 0 Å². The Labute approximate surface area is 89.0 Å². The van der Waals surface area contributed by atoms with E-state index in [9.17, 15) is 0 Å². The molecule has 0 aromatic heterocycles. The Hall–Kier alpha value is -0.0800. The van der Waals surface area contributed by atoms with Crippen molar-refractivity contribution >= 4 is 0 Å². The van der Waals surface area contributed by atoms with Gasteiger partial charge in [0.05, 0.1) is 0 Å². The maximum atomic E-state index is 5.79. The molecule has 0 aliphatic heterocycles. The lowest BCUT2D eigenvalue weighted by Crippen LogP contribution is -2.36. The van der Waals surface area contributed by atoms with Crippen LogP contribution in [-0.4, -0.2) is 19.0 Å². The molecule has 2 nitrogen and oxygen atoms in total. The van der Waals surface area contributed by atoms with E-state index in [4.69, 9.17) is 9.47 Å². The van der Waals surface area contributed by atoms with Gasteiger partial charge in [-0.25, -0.2) is 0 Å². The van der Waals surface area contributed by atoms with E-state index in [0.717, 1.165) is 32.5 Å². The largest absolute Gasteiger partial charge is 0.350 e. The molecule has 0 saturated heterocycles. The molecule has 0 atom stereocenters. The predicted molar refractivity (Wildman–Crippen MR) is 60.4 cm³/mol. The zero-order valence-electron chi connectivity index (χ0n) is 10.3. The minimum Gasteiger partial charge on any atom is -0.350 e. The lowest BCUT2D eigenvalue weighted by molar-refractivity contribution is -0.241. The number of unbranched alkanes of at least 4 members (excludes halogenated alkanes) is 1. The molecule has 0 aliphatic carbocycles. The summed E-state index contributed by atoms with van der Waals surface area (Å²) in [7, 11) is 0. The molecule has 0 aromatic rings. The first kappa shape index (κ1) is 13.9. The highest BCUT2D eigenvalue weighted by Gasteiger charge is 2.29. The quantitative estimate of drug-likeness (QED) is 0.530. The van der Waals surface area contributed by atoms with Crippen LogP contribution in [0, 0.1) is 0 Å². The lowest BCUT2D eigenvalue weighted by Gasteiger charge is -2.33. The van der Waals surface area contributed by atoms with Crippen molar-refractivity contribution < 1.29 is 9.47 Å². The van der Waals surface area contributed by atoms with E-state index in [2.05, 4.69) is 13.8 Å². The van der Waals surface area contributed by atoms with Crippen molar-refractivity contribution in [1.29, 1.82) is 0 Å². The van der Waals surface area contributed by atoms with Gasteiger partial charge < -0.3 is 9.47 Å². The van der Waals surface area contributed by atoms with E-state index < -0.39 is 0 Å². The van der Waals surface area contributed by atoms with Gasteiger partial charge >= 0.3 is 0 Å². The lowest BCUT2D eigenvalue weighted by atomic mass is 10.0. The highest BCUT2D eigenvalue weighted by Crippen LogP contribution is 2.26. The molecule has 0 spiro atoms. The Balaban J connectivity index is 4.21. The summed E-state index contributed by atoms with van der Waals surface area (Å²) in [5.74, 6) is -0.297. The fourth-order valence-corrected chi connectivity index (χ4v) is 1.81. The van der Waals surface area contributed by atoms with Crippen molar-refractivity contribution in [2.45, 2.75) is 65.6 Å². The van der Waals surface area contributed by atoms with Crippen molar-refractivity contribution in [1.82, 2.24) is 0 Å². The molecule has 2 heteroatoms. The predicted octanol–water partition coefficient (Wildman–Crippen LogP) is 3.75. The Bertz CT molecular complexity index is 106. The first-order chi connectivity index (χ1) is 6.74. The first-order valence-corrected chi connectivity index (χ1v) is 6.02. The normalized spacial score (nSPS) is 12.0. The second-order valence-electron chi connectivity index (χ2n) is 3.63. The zero-order valence-corrected chi connectivity index (χ0v) is 10.3. The van der Waals surface area contributed by atoms with Gasteiger partial charge in [0.15, 0.2) is 5.79 Å². The Morgan fingerprint density at radius 2 is 1.36 bits per heavy atom. The Kier molecular flexibility index (Phi) is 8.20. The van der Waals surface area contributed by atoms with E-state index in [-0.39, 0.29) is 5.79 Å². The van der Waals surface area contributed by atoms with Crippen molar-refractivity contribution in [2.75, 3.05) is 13.2 Å². The SMILES string of the molecule is CCCCC(CCC)(OCC)OCC. The van der Waals surface area contributed by atoms with Crippen molar-refractivity contribution in [3.63, 3.8) is 0 Å². The third-order valence-corrected chi connectivity index (χ3v) is 2.36. The van der Waals surface area contributed by atoms with Gasteiger partial charge in [0.1, 0.15) is 0 Å². The zero-order chi connectivity index (χ0) is 10.9. The van der Waals surface area contributed by atoms with Gasteiger partial charge in [0.2, 0.25) is 0 Å². The van der Waals surface area contributed by atoms with Crippen LogP contribution in [0.2, 0.25) is 0 Å². The summed E-state index contributed by atoms with van der Waals surface area (Å²) in [6.45, 7) is 9.94. The monoisotopic (exact) mass is 202 g/mol. The van der Waals surface area contributed by atoms with Gasteiger partial charge in [0, 0.05) is 26.1 Å². The molecule has 0 rings (SSSR count). The second-order valence-corrected chi connectivity index (χ2v) is 3.63. The molecule has 0 radical (unpaired) electrons. The number of hydrogen-bond acceptors (Lipinski definition) is 2. The molecule has 14 heavy (non-hydrogen) atoms. The summed E-state index contributed by atoms with van der Waals surface area (Å²) in [5, 5.41) is 0. The molecular weight excluding hydrogens is 176 g/mol. The molecule has 0 heterocycles. The first-order valence-electron chi connectivity index (χ1n) is 6.02. The van der Waals surface area contributed by atoms with E-state index >= 15 is 0 Å². The molecule has 0 aliphatic rings. The highest BCUT2D eigenvalue weighted by atomic mass is 16.7. The summed E-state index contributed by atoms with van der Waals surface area (Å²) >= 11 is 0. The summed E-state index contributed by atoms with van der Waals surface area (Å²) < 4.78 is 11.6. The van der Waals surface area contributed by atoms with Gasteiger partial charge in [-0.05, 0) is 20.3 Å². The van der Waals surface area contributed by atoms with E-state index in [1.54, 1.807) is 0 Å². The summed E-state index contributed by atoms with van der Waals surface area (Å²) in [5.41, 5.74) is 0. The van der Waals surface area contributed by atoms with Crippen molar-refractivity contribution in [3.8, 4) is 0 Å². The van der Waals surface area contributed by atoms with Crippen LogP contribution >= 0.6 is 0 Å². The minimum absolute atomic E-state index is 0.297. The van der Waals surface area contributed by atoms with E-state index in [1.807, 2.05) is 13.8 Å². The maximum Gasteiger partial charge on any atom is 0.168 e.